The largest absolute Gasteiger partial charge is 0.497 e. The van der Waals surface area contributed by atoms with Crippen LogP contribution in [0.3, 0.4) is 0 Å². The van der Waals surface area contributed by atoms with E-state index in [0.29, 0.717) is 18.2 Å². The minimum Gasteiger partial charge on any atom is -0.497 e. The molecule has 0 radical (unpaired) electrons. The van der Waals surface area contributed by atoms with E-state index in [4.69, 9.17) is 4.74 Å². The van der Waals surface area contributed by atoms with Crippen molar-refractivity contribution in [1.29, 1.82) is 0 Å². The molecule has 1 saturated heterocycles. The Kier molecular flexibility index (Phi) is 4.24. The van der Waals surface area contributed by atoms with Gasteiger partial charge in [0.15, 0.2) is 0 Å². The van der Waals surface area contributed by atoms with Gasteiger partial charge >= 0.3 is 0 Å². The summed E-state index contributed by atoms with van der Waals surface area (Å²) in [6.45, 7) is 3.90. The van der Waals surface area contributed by atoms with Gasteiger partial charge in [-0.15, -0.1) is 0 Å². The fourth-order valence-corrected chi connectivity index (χ4v) is 2.55. The zero-order valence-corrected chi connectivity index (χ0v) is 11.2. The van der Waals surface area contributed by atoms with Crippen LogP contribution in [0.15, 0.2) is 24.3 Å². The summed E-state index contributed by atoms with van der Waals surface area (Å²) in [5, 5.41) is 0. The highest BCUT2D eigenvalue weighted by atomic mass is 16.5. The molecule has 18 heavy (non-hydrogen) atoms. The minimum atomic E-state index is 0.295. The van der Waals surface area contributed by atoms with Gasteiger partial charge in [0.25, 0.3) is 0 Å². The number of carbonyl (C=O) groups is 1. The average Bonchev–Trinajstić information content (AvgIpc) is 2.41. The molecule has 98 valence electrons. The molecular weight excluding hydrogens is 226 g/mol. The second-order valence-electron chi connectivity index (χ2n) is 4.84. The van der Waals surface area contributed by atoms with E-state index in [1.54, 1.807) is 7.11 Å². The normalized spacial score (nSPS) is 20.0. The van der Waals surface area contributed by atoms with Crippen molar-refractivity contribution in [3.05, 3.63) is 29.8 Å². The Balaban J connectivity index is 2.00. The standard InChI is InChI=1S/C15H21NO2/c1-3-9-16-10-8-13(11-15(16)17)12-4-6-14(18-2)7-5-12/h4-7,13H,3,8-11H2,1-2H3. The van der Waals surface area contributed by atoms with Gasteiger partial charge < -0.3 is 9.64 Å². The number of hydrogen-bond acceptors (Lipinski definition) is 2. The Hall–Kier alpha value is -1.51. The summed E-state index contributed by atoms with van der Waals surface area (Å²) in [4.78, 5) is 14.0. The molecule has 1 fully saturated rings. The molecular formula is C15H21NO2. The lowest BCUT2D eigenvalue weighted by Crippen LogP contribution is -2.38. The Morgan fingerprint density at radius 1 is 1.33 bits per heavy atom. The van der Waals surface area contributed by atoms with Crippen LogP contribution in [0.2, 0.25) is 0 Å². The van der Waals surface area contributed by atoms with E-state index >= 15 is 0 Å². The van der Waals surface area contributed by atoms with Crippen LogP contribution in [-0.2, 0) is 4.79 Å². The summed E-state index contributed by atoms with van der Waals surface area (Å²) in [7, 11) is 1.67. The van der Waals surface area contributed by atoms with Gasteiger partial charge in [0.05, 0.1) is 7.11 Å². The molecule has 0 bridgehead atoms. The van der Waals surface area contributed by atoms with Gasteiger partial charge in [-0.3, -0.25) is 4.79 Å². The van der Waals surface area contributed by atoms with Crippen LogP contribution in [0.25, 0.3) is 0 Å². The second-order valence-corrected chi connectivity index (χ2v) is 4.84. The first-order valence-corrected chi connectivity index (χ1v) is 6.66. The first-order chi connectivity index (χ1) is 8.74. The fourth-order valence-electron chi connectivity index (χ4n) is 2.55. The summed E-state index contributed by atoms with van der Waals surface area (Å²) in [5.41, 5.74) is 1.25. The zero-order chi connectivity index (χ0) is 13.0. The number of carbonyl (C=O) groups excluding carboxylic acids is 1. The van der Waals surface area contributed by atoms with Crippen LogP contribution in [0.5, 0.6) is 5.75 Å². The summed E-state index contributed by atoms with van der Waals surface area (Å²) in [6, 6.07) is 8.09. The van der Waals surface area contributed by atoms with Gasteiger partial charge in [-0.25, -0.2) is 0 Å². The number of methoxy groups -OCH3 is 1. The van der Waals surface area contributed by atoms with Gasteiger partial charge in [0.1, 0.15) is 5.75 Å². The van der Waals surface area contributed by atoms with Crippen LogP contribution in [0.1, 0.15) is 37.7 Å². The first-order valence-electron chi connectivity index (χ1n) is 6.66. The molecule has 0 aromatic heterocycles. The third-order valence-electron chi connectivity index (χ3n) is 3.60. The average molecular weight is 247 g/mol. The zero-order valence-electron chi connectivity index (χ0n) is 11.2. The molecule has 0 aliphatic carbocycles. The maximum atomic E-state index is 12.0. The Morgan fingerprint density at radius 3 is 2.61 bits per heavy atom. The predicted molar refractivity (Wildman–Crippen MR) is 71.8 cm³/mol. The van der Waals surface area contributed by atoms with Crippen molar-refractivity contribution in [2.75, 3.05) is 20.2 Å². The smallest absolute Gasteiger partial charge is 0.223 e. The van der Waals surface area contributed by atoms with Crippen LogP contribution in [0.4, 0.5) is 0 Å². The molecule has 1 amide bonds. The van der Waals surface area contributed by atoms with Crippen molar-refractivity contribution in [2.24, 2.45) is 0 Å². The number of hydrogen-bond donors (Lipinski definition) is 0. The van der Waals surface area contributed by atoms with Crippen molar-refractivity contribution < 1.29 is 9.53 Å². The first kappa shape index (κ1) is 12.9. The molecule has 1 heterocycles. The van der Waals surface area contributed by atoms with Gasteiger partial charge in [-0.2, -0.15) is 0 Å². The van der Waals surface area contributed by atoms with E-state index in [9.17, 15) is 4.79 Å². The minimum absolute atomic E-state index is 0.295. The lowest BCUT2D eigenvalue weighted by atomic mass is 9.89. The molecule has 1 aromatic carbocycles. The number of nitrogens with zero attached hydrogens (tertiary/aromatic N) is 1. The number of likely N-dealkylation sites (tertiary alicyclic amines) is 1. The number of piperidine rings is 1. The monoisotopic (exact) mass is 247 g/mol. The highest BCUT2D eigenvalue weighted by molar-refractivity contribution is 5.78. The van der Waals surface area contributed by atoms with E-state index < -0.39 is 0 Å². The Bertz CT molecular complexity index is 399. The van der Waals surface area contributed by atoms with Crippen LogP contribution in [-0.4, -0.2) is 31.0 Å². The molecule has 0 saturated carbocycles. The van der Waals surface area contributed by atoms with Crippen molar-refractivity contribution in [1.82, 2.24) is 4.90 Å². The van der Waals surface area contributed by atoms with E-state index in [0.717, 1.165) is 31.7 Å². The highest BCUT2D eigenvalue weighted by Gasteiger charge is 2.26. The van der Waals surface area contributed by atoms with Gasteiger partial charge in [0.2, 0.25) is 5.91 Å². The molecule has 1 aliphatic heterocycles. The van der Waals surface area contributed by atoms with Gasteiger partial charge in [0, 0.05) is 19.5 Å². The third-order valence-corrected chi connectivity index (χ3v) is 3.60. The predicted octanol–water partition coefficient (Wildman–Crippen LogP) is 2.81. The summed E-state index contributed by atoms with van der Waals surface area (Å²) < 4.78 is 5.15. The van der Waals surface area contributed by atoms with Gasteiger partial charge in [-0.05, 0) is 36.5 Å². The lowest BCUT2D eigenvalue weighted by Gasteiger charge is -2.31. The van der Waals surface area contributed by atoms with E-state index in [2.05, 4.69) is 19.1 Å². The highest BCUT2D eigenvalue weighted by Crippen LogP contribution is 2.29. The number of amides is 1. The maximum absolute atomic E-state index is 12.0. The van der Waals surface area contributed by atoms with Crippen molar-refractivity contribution >= 4 is 5.91 Å². The van der Waals surface area contributed by atoms with E-state index in [1.807, 2.05) is 17.0 Å². The quantitative estimate of drug-likeness (QED) is 0.818. The molecule has 1 atom stereocenters. The fraction of sp³-hybridized carbons (Fsp3) is 0.533. The number of rotatable bonds is 4. The lowest BCUT2D eigenvalue weighted by molar-refractivity contribution is -0.133. The molecule has 3 heteroatoms. The summed E-state index contributed by atoms with van der Waals surface area (Å²) in [5.74, 6) is 1.54. The summed E-state index contributed by atoms with van der Waals surface area (Å²) in [6.07, 6.45) is 2.75. The molecule has 0 spiro atoms. The SMILES string of the molecule is CCCN1CCC(c2ccc(OC)cc2)CC1=O. The summed E-state index contributed by atoms with van der Waals surface area (Å²) >= 11 is 0. The van der Waals surface area contributed by atoms with Gasteiger partial charge in [-0.1, -0.05) is 19.1 Å². The molecule has 1 aromatic rings. The molecule has 1 aliphatic rings. The molecule has 1 unspecified atom stereocenters. The Labute approximate surface area is 109 Å². The Morgan fingerprint density at radius 2 is 2.06 bits per heavy atom. The maximum Gasteiger partial charge on any atom is 0.223 e. The molecule has 2 rings (SSSR count). The molecule has 3 nitrogen and oxygen atoms in total. The van der Waals surface area contributed by atoms with Crippen molar-refractivity contribution in [3.63, 3.8) is 0 Å². The second kappa shape index (κ2) is 5.89. The van der Waals surface area contributed by atoms with E-state index in [-0.39, 0.29) is 0 Å². The van der Waals surface area contributed by atoms with Crippen LogP contribution < -0.4 is 4.74 Å². The number of ether oxygens (including phenoxy) is 1. The van der Waals surface area contributed by atoms with Crippen molar-refractivity contribution in [3.8, 4) is 5.75 Å². The third kappa shape index (κ3) is 2.84. The van der Waals surface area contributed by atoms with E-state index in [1.165, 1.54) is 5.56 Å². The van der Waals surface area contributed by atoms with Crippen LogP contribution in [0, 0.1) is 0 Å². The number of benzene rings is 1. The van der Waals surface area contributed by atoms with Crippen molar-refractivity contribution in [2.45, 2.75) is 32.1 Å². The topological polar surface area (TPSA) is 29.5 Å². The molecule has 0 N–H and O–H groups in total. The van der Waals surface area contributed by atoms with Crippen LogP contribution >= 0.6 is 0 Å².